The van der Waals surface area contributed by atoms with E-state index in [9.17, 15) is 9.59 Å². The van der Waals surface area contributed by atoms with E-state index < -0.39 is 5.97 Å². The average Bonchev–Trinajstić information content (AvgIpc) is 2.43. The number of unbranched alkanes of at least 4 members (excludes halogenated alkanes) is 10. The summed E-state index contributed by atoms with van der Waals surface area (Å²) in [5, 5.41) is 8.60. The summed E-state index contributed by atoms with van der Waals surface area (Å²) in [6.07, 6.45) is 14.3. The number of carbonyl (C=O) groups is 2. The minimum absolute atomic E-state index is 0. The summed E-state index contributed by atoms with van der Waals surface area (Å²) in [4.78, 5) is 23.4. The van der Waals surface area contributed by atoms with E-state index in [1.165, 1.54) is 62.7 Å². The molecule has 0 spiro atoms. The summed E-state index contributed by atoms with van der Waals surface area (Å²) in [5.74, 6) is -1.02. The smallest absolute Gasteiger partial charge is 1.00 e. The van der Waals surface area contributed by atoms with Gasteiger partial charge in [-0.15, -0.1) is 0 Å². The summed E-state index contributed by atoms with van der Waals surface area (Å²) in [5.41, 5.74) is 0. The third-order valence-electron chi connectivity index (χ3n) is 3.79. The number of aliphatic carboxylic acids is 1. The number of rotatable bonds is 14. The van der Waals surface area contributed by atoms with Crippen LogP contribution in [0.5, 0.6) is 0 Å². The van der Waals surface area contributed by atoms with E-state index >= 15 is 0 Å². The first kappa shape index (κ1) is 24.8. The third-order valence-corrected chi connectivity index (χ3v) is 3.79. The number of carboxylic acid groups (broad SMARTS) is 1. The standard InChI is InChI=1S/C17H33NO3.K.H/c1-3-4-5-6-7-8-9-10-11-12-13-14-16(19)18(2)15-17(20)21;;/h3-15H2,1-2H3,(H,20,21);;/q;+1;-1. The Morgan fingerprint density at radius 1 is 0.864 bits per heavy atom. The van der Waals surface area contributed by atoms with Crippen molar-refractivity contribution in [3.63, 3.8) is 0 Å². The van der Waals surface area contributed by atoms with Gasteiger partial charge < -0.3 is 11.4 Å². The van der Waals surface area contributed by atoms with E-state index in [4.69, 9.17) is 5.11 Å². The number of hydrogen-bond donors (Lipinski definition) is 1. The van der Waals surface area contributed by atoms with E-state index in [-0.39, 0.29) is 65.3 Å². The third kappa shape index (κ3) is 16.9. The Kier molecular flexibility index (Phi) is 20.2. The van der Waals surface area contributed by atoms with Crippen LogP contribution in [0.25, 0.3) is 0 Å². The molecule has 0 aliphatic carbocycles. The van der Waals surface area contributed by atoms with Crippen LogP contribution in [0, 0.1) is 0 Å². The zero-order valence-electron chi connectivity index (χ0n) is 15.9. The monoisotopic (exact) mass is 339 g/mol. The molecule has 1 amide bonds. The van der Waals surface area contributed by atoms with Crippen molar-refractivity contribution < 1.29 is 67.5 Å². The zero-order chi connectivity index (χ0) is 15.9. The Hall–Kier alpha value is 0.576. The molecular weight excluding hydrogens is 305 g/mol. The fraction of sp³-hybridized carbons (Fsp3) is 0.882. The Balaban J connectivity index is -0.00000200. The molecule has 0 unspecified atom stereocenters. The molecule has 0 fully saturated rings. The molecule has 22 heavy (non-hydrogen) atoms. The van der Waals surface area contributed by atoms with Gasteiger partial charge in [-0.05, 0) is 6.42 Å². The van der Waals surface area contributed by atoms with Gasteiger partial charge >= 0.3 is 57.4 Å². The van der Waals surface area contributed by atoms with Crippen LogP contribution in [0.1, 0.15) is 85.4 Å². The van der Waals surface area contributed by atoms with Crippen molar-refractivity contribution in [3.05, 3.63) is 0 Å². The number of carbonyl (C=O) groups excluding carboxylic acids is 1. The van der Waals surface area contributed by atoms with Gasteiger partial charge in [-0.25, -0.2) is 0 Å². The molecule has 0 atom stereocenters. The maximum Gasteiger partial charge on any atom is 1.00 e. The van der Waals surface area contributed by atoms with Gasteiger partial charge in [-0.1, -0.05) is 71.1 Å². The summed E-state index contributed by atoms with van der Waals surface area (Å²) in [6, 6.07) is 0. The first-order valence-corrected chi connectivity index (χ1v) is 8.53. The second-order valence-corrected chi connectivity index (χ2v) is 5.93. The van der Waals surface area contributed by atoms with Crippen LogP contribution in [0.15, 0.2) is 0 Å². The van der Waals surface area contributed by atoms with Crippen LogP contribution in [0.4, 0.5) is 0 Å². The van der Waals surface area contributed by atoms with Crippen molar-refractivity contribution in [2.75, 3.05) is 13.6 Å². The van der Waals surface area contributed by atoms with Crippen LogP contribution in [-0.2, 0) is 9.59 Å². The molecule has 0 radical (unpaired) electrons. The molecule has 0 aromatic carbocycles. The van der Waals surface area contributed by atoms with Crippen molar-refractivity contribution in [2.24, 2.45) is 0 Å². The molecule has 0 saturated heterocycles. The molecule has 0 rings (SSSR count). The van der Waals surface area contributed by atoms with Crippen molar-refractivity contribution in [3.8, 4) is 0 Å². The number of nitrogens with zero attached hydrogens (tertiary/aromatic N) is 1. The van der Waals surface area contributed by atoms with E-state index in [2.05, 4.69) is 6.92 Å². The van der Waals surface area contributed by atoms with E-state index in [1.54, 1.807) is 7.05 Å². The van der Waals surface area contributed by atoms with Gasteiger partial charge in [-0.2, -0.15) is 0 Å². The Labute approximate surface area is 180 Å². The van der Waals surface area contributed by atoms with E-state index in [1.807, 2.05) is 0 Å². The predicted molar refractivity (Wildman–Crippen MR) is 87.5 cm³/mol. The SMILES string of the molecule is CCCCCCCCCCCCCC(=O)N(C)CC(=O)O.[H-].[K+]. The van der Waals surface area contributed by atoms with Crippen LogP contribution >= 0.6 is 0 Å². The maximum atomic E-state index is 11.6. The summed E-state index contributed by atoms with van der Waals surface area (Å²) < 4.78 is 0. The molecule has 4 nitrogen and oxygen atoms in total. The quantitative estimate of drug-likeness (QED) is 0.384. The topological polar surface area (TPSA) is 57.6 Å². The molecule has 0 aromatic rings. The number of amides is 1. The minimum atomic E-state index is -0.954. The van der Waals surface area contributed by atoms with Gasteiger partial charge in [0.05, 0.1) is 0 Å². The van der Waals surface area contributed by atoms with Crippen molar-refractivity contribution in [1.82, 2.24) is 4.90 Å². The van der Waals surface area contributed by atoms with Gasteiger partial charge in [-0.3, -0.25) is 9.59 Å². The number of hydrogen-bond acceptors (Lipinski definition) is 2. The average molecular weight is 340 g/mol. The van der Waals surface area contributed by atoms with Gasteiger partial charge in [0, 0.05) is 13.5 Å². The van der Waals surface area contributed by atoms with Gasteiger partial charge in [0.25, 0.3) is 0 Å². The van der Waals surface area contributed by atoms with Crippen LogP contribution in [0.3, 0.4) is 0 Å². The van der Waals surface area contributed by atoms with Crippen LogP contribution in [0.2, 0.25) is 0 Å². The molecule has 0 aromatic heterocycles. The molecular formula is C17H34KNO3. The van der Waals surface area contributed by atoms with Crippen molar-refractivity contribution in [2.45, 2.75) is 84.0 Å². The van der Waals surface area contributed by atoms with E-state index in [0.29, 0.717) is 6.42 Å². The van der Waals surface area contributed by atoms with Crippen molar-refractivity contribution >= 4 is 11.9 Å². The molecule has 0 saturated carbocycles. The zero-order valence-corrected chi connectivity index (χ0v) is 18.0. The largest absolute Gasteiger partial charge is 1.00 e. The number of likely N-dealkylation sites (N-methyl/N-ethyl adjacent to an activating group) is 1. The van der Waals surface area contributed by atoms with Crippen molar-refractivity contribution in [1.29, 1.82) is 0 Å². The second-order valence-electron chi connectivity index (χ2n) is 5.93. The fourth-order valence-corrected chi connectivity index (χ4v) is 2.42. The van der Waals surface area contributed by atoms with Gasteiger partial charge in [0.15, 0.2) is 0 Å². The van der Waals surface area contributed by atoms with Gasteiger partial charge in [0.1, 0.15) is 6.54 Å². The minimum Gasteiger partial charge on any atom is -1.00 e. The molecule has 0 aliphatic heterocycles. The molecule has 1 N–H and O–H groups in total. The second kappa shape index (κ2) is 17.9. The molecule has 0 heterocycles. The normalized spacial score (nSPS) is 10.1. The summed E-state index contributed by atoms with van der Waals surface area (Å²) in [6.45, 7) is 2.04. The Morgan fingerprint density at radius 3 is 1.68 bits per heavy atom. The molecule has 126 valence electrons. The molecule has 0 aliphatic rings. The molecule has 5 heteroatoms. The van der Waals surface area contributed by atoms with Crippen LogP contribution < -0.4 is 51.4 Å². The van der Waals surface area contributed by atoms with Crippen LogP contribution in [-0.4, -0.2) is 35.5 Å². The molecule has 0 bridgehead atoms. The first-order valence-electron chi connectivity index (χ1n) is 8.53. The summed E-state index contributed by atoms with van der Waals surface area (Å²) in [7, 11) is 1.55. The predicted octanol–water partition coefficient (Wildman–Crippen LogP) is 1.35. The fourth-order valence-electron chi connectivity index (χ4n) is 2.42. The van der Waals surface area contributed by atoms with Gasteiger partial charge in [0.2, 0.25) is 5.91 Å². The Bertz CT molecular complexity index is 291. The first-order chi connectivity index (χ1) is 10.1. The summed E-state index contributed by atoms with van der Waals surface area (Å²) >= 11 is 0. The number of carboxylic acids is 1. The van der Waals surface area contributed by atoms with E-state index in [0.717, 1.165) is 12.8 Å². The maximum absolute atomic E-state index is 11.6. The Morgan fingerprint density at radius 2 is 1.27 bits per heavy atom.